The van der Waals surface area contributed by atoms with Crippen LogP contribution < -0.4 is 10.1 Å². The van der Waals surface area contributed by atoms with Gasteiger partial charge in [0, 0.05) is 24.6 Å². The van der Waals surface area contributed by atoms with E-state index in [9.17, 15) is 9.59 Å². The van der Waals surface area contributed by atoms with Crippen molar-refractivity contribution in [2.75, 3.05) is 13.2 Å². The summed E-state index contributed by atoms with van der Waals surface area (Å²) < 4.78 is 11.0. The third-order valence-corrected chi connectivity index (χ3v) is 5.92. The van der Waals surface area contributed by atoms with Gasteiger partial charge in [-0.25, -0.2) is 0 Å². The standard InChI is InChI=1S/C23H31N3O4/c1-14-6-7-15(2)23(16(14)3)29-13-21(27)24-19-8-9-22(28)26(11-10-19)12-20-17(4)25-30-18(20)5/h6-7,19H,8-13H2,1-5H3,(H,24,27). The van der Waals surface area contributed by atoms with Gasteiger partial charge >= 0.3 is 0 Å². The molecule has 1 aliphatic heterocycles. The molecule has 0 radical (unpaired) electrons. The van der Waals surface area contributed by atoms with Gasteiger partial charge in [0.15, 0.2) is 6.61 Å². The van der Waals surface area contributed by atoms with Crippen LogP contribution in [0, 0.1) is 34.6 Å². The first kappa shape index (κ1) is 21.9. The number of likely N-dealkylation sites (tertiary alicyclic amines) is 1. The lowest BCUT2D eigenvalue weighted by Gasteiger charge is -2.21. The molecule has 1 saturated heterocycles. The summed E-state index contributed by atoms with van der Waals surface area (Å²) in [7, 11) is 0. The van der Waals surface area contributed by atoms with Crippen LogP contribution >= 0.6 is 0 Å². The number of rotatable bonds is 6. The molecule has 3 rings (SSSR count). The quantitative estimate of drug-likeness (QED) is 0.786. The van der Waals surface area contributed by atoms with Gasteiger partial charge in [-0.3, -0.25) is 9.59 Å². The molecule has 2 aromatic rings. The highest BCUT2D eigenvalue weighted by atomic mass is 16.5. The predicted octanol–water partition coefficient (Wildman–Crippen LogP) is 3.29. The first-order chi connectivity index (χ1) is 14.3. The first-order valence-corrected chi connectivity index (χ1v) is 10.4. The Labute approximate surface area is 177 Å². The van der Waals surface area contributed by atoms with Crippen LogP contribution in [0.3, 0.4) is 0 Å². The number of benzene rings is 1. The lowest BCUT2D eigenvalue weighted by atomic mass is 10.1. The minimum atomic E-state index is -0.160. The zero-order valence-electron chi connectivity index (χ0n) is 18.5. The van der Waals surface area contributed by atoms with E-state index in [1.807, 2.05) is 45.6 Å². The molecule has 7 heteroatoms. The molecule has 0 spiro atoms. The minimum Gasteiger partial charge on any atom is -0.483 e. The summed E-state index contributed by atoms with van der Waals surface area (Å²) >= 11 is 0. The summed E-state index contributed by atoms with van der Waals surface area (Å²) in [6.07, 6.45) is 1.75. The summed E-state index contributed by atoms with van der Waals surface area (Å²) in [5, 5.41) is 7.00. The van der Waals surface area contributed by atoms with Crippen molar-refractivity contribution in [2.45, 2.75) is 66.5 Å². The van der Waals surface area contributed by atoms with Crippen LogP contribution in [0.15, 0.2) is 16.7 Å². The van der Waals surface area contributed by atoms with E-state index >= 15 is 0 Å². The molecule has 1 aliphatic rings. The van der Waals surface area contributed by atoms with Crippen LogP contribution in [0.5, 0.6) is 5.75 Å². The number of aryl methyl sites for hydroxylation is 4. The average molecular weight is 414 g/mol. The van der Waals surface area contributed by atoms with Crippen molar-refractivity contribution in [3.63, 3.8) is 0 Å². The molecule has 7 nitrogen and oxygen atoms in total. The van der Waals surface area contributed by atoms with E-state index in [-0.39, 0.29) is 24.5 Å². The number of aromatic nitrogens is 1. The van der Waals surface area contributed by atoms with Crippen molar-refractivity contribution in [1.82, 2.24) is 15.4 Å². The number of nitrogens with one attached hydrogen (secondary N) is 1. The minimum absolute atomic E-state index is 0.0294. The van der Waals surface area contributed by atoms with Gasteiger partial charge < -0.3 is 19.5 Å². The summed E-state index contributed by atoms with van der Waals surface area (Å²) in [5.74, 6) is 1.45. The Morgan fingerprint density at radius 2 is 1.93 bits per heavy atom. The molecule has 1 atom stereocenters. The largest absolute Gasteiger partial charge is 0.483 e. The zero-order chi connectivity index (χ0) is 21.8. The fourth-order valence-electron chi connectivity index (χ4n) is 3.82. The monoisotopic (exact) mass is 413 g/mol. The van der Waals surface area contributed by atoms with Crippen molar-refractivity contribution in [3.05, 3.63) is 45.8 Å². The van der Waals surface area contributed by atoms with Gasteiger partial charge in [0.2, 0.25) is 5.91 Å². The van der Waals surface area contributed by atoms with Gasteiger partial charge in [-0.1, -0.05) is 17.3 Å². The van der Waals surface area contributed by atoms with Crippen LogP contribution in [0.4, 0.5) is 0 Å². The van der Waals surface area contributed by atoms with Crippen LogP contribution in [0.25, 0.3) is 0 Å². The van der Waals surface area contributed by atoms with E-state index in [0.717, 1.165) is 39.5 Å². The van der Waals surface area contributed by atoms with Crippen LogP contribution in [-0.4, -0.2) is 41.1 Å². The van der Waals surface area contributed by atoms with E-state index in [1.54, 1.807) is 0 Å². The number of hydrogen-bond acceptors (Lipinski definition) is 5. The predicted molar refractivity (Wildman–Crippen MR) is 113 cm³/mol. The molecular formula is C23H31N3O4. The molecule has 162 valence electrons. The highest BCUT2D eigenvalue weighted by Crippen LogP contribution is 2.25. The number of carbonyl (C=O) groups excluding carboxylic acids is 2. The Morgan fingerprint density at radius 3 is 2.63 bits per heavy atom. The van der Waals surface area contributed by atoms with Crippen LogP contribution in [0.2, 0.25) is 0 Å². The first-order valence-electron chi connectivity index (χ1n) is 10.4. The van der Waals surface area contributed by atoms with E-state index < -0.39 is 0 Å². The van der Waals surface area contributed by atoms with Crippen LogP contribution in [-0.2, 0) is 16.1 Å². The fraction of sp³-hybridized carbons (Fsp3) is 0.522. The smallest absolute Gasteiger partial charge is 0.258 e. The number of hydrogen-bond donors (Lipinski definition) is 1. The van der Waals surface area contributed by atoms with E-state index in [1.165, 1.54) is 0 Å². The van der Waals surface area contributed by atoms with Gasteiger partial charge in [0.1, 0.15) is 11.5 Å². The third kappa shape index (κ3) is 5.01. The topological polar surface area (TPSA) is 84.7 Å². The Bertz CT molecular complexity index is 915. The molecule has 0 bridgehead atoms. The molecular weight excluding hydrogens is 382 g/mol. The Balaban J connectivity index is 1.54. The number of ether oxygens (including phenoxy) is 1. The second-order valence-corrected chi connectivity index (χ2v) is 8.15. The van der Waals surface area contributed by atoms with Crippen molar-refractivity contribution in [3.8, 4) is 5.75 Å². The van der Waals surface area contributed by atoms with Crippen molar-refractivity contribution >= 4 is 11.8 Å². The molecule has 1 unspecified atom stereocenters. The zero-order valence-corrected chi connectivity index (χ0v) is 18.5. The van der Waals surface area contributed by atoms with Crippen molar-refractivity contribution in [2.24, 2.45) is 0 Å². The number of amides is 2. The molecule has 30 heavy (non-hydrogen) atoms. The Morgan fingerprint density at radius 1 is 1.20 bits per heavy atom. The Hall–Kier alpha value is -2.83. The SMILES string of the molecule is Cc1ccc(C)c(OCC(=O)NC2CCC(=O)N(Cc3c(C)noc3C)CC2)c1C. The highest BCUT2D eigenvalue weighted by Gasteiger charge is 2.25. The number of carbonyl (C=O) groups is 2. The maximum absolute atomic E-state index is 12.5. The molecule has 1 aromatic carbocycles. The number of nitrogens with zero attached hydrogens (tertiary/aromatic N) is 2. The highest BCUT2D eigenvalue weighted by molar-refractivity contribution is 5.79. The molecule has 2 heterocycles. The molecule has 2 amide bonds. The normalized spacial score (nSPS) is 17.0. The lowest BCUT2D eigenvalue weighted by molar-refractivity contribution is -0.131. The van der Waals surface area contributed by atoms with Crippen molar-refractivity contribution < 1.29 is 18.8 Å². The van der Waals surface area contributed by atoms with Gasteiger partial charge in [-0.2, -0.15) is 0 Å². The summed E-state index contributed by atoms with van der Waals surface area (Å²) in [5.41, 5.74) is 4.98. The van der Waals surface area contributed by atoms with Crippen molar-refractivity contribution in [1.29, 1.82) is 0 Å². The maximum Gasteiger partial charge on any atom is 0.258 e. The molecule has 1 aromatic heterocycles. The van der Waals surface area contributed by atoms with Gasteiger partial charge in [0.25, 0.3) is 5.91 Å². The van der Waals surface area contributed by atoms with E-state index in [4.69, 9.17) is 9.26 Å². The molecule has 1 fully saturated rings. The van der Waals surface area contributed by atoms with Gasteiger partial charge in [-0.05, 0) is 64.2 Å². The Kier molecular flexibility index (Phi) is 6.80. The fourth-order valence-corrected chi connectivity index (χ4v) is 3.82. The van der Waals surface area contributed by atoms with E-state index in [2.05, 4.69) is 16.5 Å². The summed E-state index contributed by atoms with van der Waals surface area (Å²) in [4.78, 5) is 26.8. The molecule has 0 aliphatic carbocycles. The second kappa shape index (κ2) is 9.32. The summed E-state index contributed by atoms with van der Waals surface area (Å²) in [6, 6.07) is 4.01. The average Bonchev–Trinajstić information content (AvgIpc) is 2.92. The third-order valence-electron chi connectivity index (χ3n) is 5.92. The van der Waals surface area contributed by atoms with Crippen LogP contribution in [0.1, 0.15) is 53.0 Å². The van der Waals surface area contributed by atoms with Gasteiger partial charge in [-0.15, -0.1) is 0 Å². The summed E-state index contributed by atoms with van der Waals surface area (Å²) in [6.45, 7) is 10.8. The second-order valence-electron chi connectivity index (χ2n) is 8.15. The van der Waals surface area contributed by atoms with Gasteiger partial charge in [0.05, 0.1) is 12.2 Å². The lowest BCUT2D eigenvalue weighted by Crippen LogP contribution is -2.38. The molecule has 1 N–H and O–H groups in total. The maximum atomic E-state index is 12.5. The molecule has 0 saturated carbocycles. The van der Waals surface area contributed by atoms with E-state index in [0.29, 0.717) is 32.4 Å².